The van der Waals surface area contributed by atoms with E-state index in [1.54, 1.807) is 12.3 Å². The van der Waals surface area contributed by atoms with Crippen LogP contribution in [0.4, 0.5) is 0 Å². The first-order valence-corrected chi connectivity index (χ1v) is 6.29. The summed E-state index contributed by atoms with van der Waals surface area (Å²) in [6.45, 7) is 6.55. The lowest BCUT2D eigenvalue weighted by atomic mass is 9.87. The van der Waals surface area contributed by atoms with E-state index in [-0.39, 0.29) is 5.41 Å². The molecule has 0 unspecified atom stereocenters. The summed E-state index contributed by atoms with van der Waals surface area (Å²) in [5, 5.41) is 9.04. The predicted molar refractivity (Wildman–Crippen MR) is 80.0 cm³/mol. The van der Waals surface area contributed by atoms with Gasteiger partial charge in [-0.05, 0) is 11.0 Å². The van der Waals surface area contributed by atoms with Gasteiger partial charge in [0, 0.05) is 11.8 Å². The molecule has 1 aromatic carbocycles. The van der Waals surface area contributed by atoms with E-state index in [0.29, 0.717) is 11.5 Å². The molecule has 0 aliphatic rings. The third-order valence-corrected chi connectivity index (χ3v) is 2.89. The van der Waals surface area contributed by atoms with Gasteiger partial charge in [-0.3, -0.25) is 0 Å². The first-order chi connectivity index (χ1) is 8.45. The summed E-state index contributed by atoms with van der Waals surface area (Å²) in [6, 6.07) is 10.3. The summed E-state index contributed by atoms with van der Waals surface area (Å²) in [5.41, 5.74) is 2.42. The van der Waals surface area contributed by atoms with Crippen LogP contribution in [0.1, 0.15) is 38.3 Å². The average molecular weight is 258 g/mol. The molecule has 0 bridgehead atoms. The lowest BCUT2D eigenvalue weighted by Crippen LogP contribution is -2.10. The Morgan fingerprint density at radius 2 is 1.94 bits per heavy atom. The number of nitriles is 1. The summed E-state index contributed by atoms with van der Waals surface area (Å²) < 4.78 is 0. The molecule has 3 heteroatoms. The van der Waals surface area contributed by atoms with Crippen LogP contribution in [0.25, 0.3) is 0 Å². The Morgan fingerprint density at radius 3 is 2.44 bits per heavy atom. The molecule has 0 aromatic heterocycles. The second kappa shape index (κ2) is 6.42. The fourth-order valence-electron chi connectivity index (χ4n) is 1.42. The number of hydrogen-bond donors (Lipinski definition) is 1. The van der Waals surface area contributed by atoms with Crippen molar-refractivity contribution in [1.82, 2.24) is 0 Å². The highest BCUT2D eigenvalue weighted by Crippen LogP contribution is 2.22. The fraction of sp³-hybridized carbons (Fsp3) is 0.333. The van der Waals surface area contributed by atoms with Gasteiger partial charge in [-0.1, -0.05) is 51.1 Å². The number of hydrogen-bond acceptors (Lipinski definition) is 2. The molecule has 94 valence electrons. The summed E-state index contributed by atoms with van der Waals surface area (Å²) in [4.78, 5) is 4.17. The van der Waals surface area contributed by atoms with Crippen molar-refractivity contribution in [2.45, 2.75) is 32.6 Å². The van der Waals surface area contributed by atoms with Gasteiger partial charge in [0.1, 0.15) is 5.04 Å². The first-order valence-electron chi connectivity index (χ1n) is 5.85. The minimum atomic E-state index is 0.152. The van der Waals surface area contributed by atoms with Crippen molar-refractivity contribution >= 4 is 17.7 Å². The van der Waals surface area contributed by atoms with Gasteiger partial charge in [0.25, 0.3) is 0 Å². The molecular formula is C15H18N2S. The van der Waals surface area contributed by atoms with Gasteiger partial charge < -0.3 is 0 Å². The smallest absolute Gasteiger partial charge is 0.100 e. The zero-order chi connectivity index (χ0) is 13.6. The van der Waals surface area contributed by atoms with Crippen LogP contribution in [0.5, 0.6) is 0 Å². The van der Waals surface area contributed by atoms with Crippen LogP contribution in [0.15, 0.2) is 41.5 Å². The second-order valence-electron chi connectivity index (χ2n) is 5.03. The fourth-order valence-corrected chi connectivity index (χ4v) is 1.64. The maximum atomic E-state index is 8.39. The Kier molecular flexibility index (Phi) is 5.18. The molecule has 0 amide bonds. The molecule has 0 N–H and O–H groups in total. The van der Waals surface area contributed by atoms with E-state index in [2.05, 4.69) is 50.5 Å². The normalized spacial score (nSPS) is 12.7. The molecular weight excluding hydrogens is 240 g/mol. The van der Waals surface area contributed by atoms with Crippen molar-refractivity contribution < 1.29 is 0 Å². The number of allylic oxidation sites excluding steroid dienone is 1. The van der Waals surface area contributed by atoms with E-state index < -0.39 is 0 Å². The lowest BCUT2D eigenvalue weighted by Gasteiger charge is -2.18. The first kappa shape index (κ1) is 14.5. The van der Waals surface area contributed by atoms with Crippen molar-refractivity contribution in [3.8, 4) is 6.07 Å². The molecule has 0 aliphatic heterocycles. The molecule has 0 fully saturated rings. The summed E-state index contributed by atoms with van der Waals surface area (Å²) in [5.74, 6) is 0. The monoisotopic (exact) mass is 258 g/mol. The number of aliphatic imine (C=N–C) groups is 1. The van der Waals surface area contributed by atoms with Crippen molar-refractivity contribution in [2.24, 2.45) is 4.99 Å². The minimum absolute atomic E-state index is 0.152. The lowest BCUT2D eigenvalue weighted by molar-refractivity contribution is 0.590. The molecule has 0 aliphatic carbocycles. The minimum Gasteiger partial charge on any atom is -0.250 e. The molecule has 0 saturated carbocycles. The van der Waals surface area contributed by atoms with Gasteiger partial charge in [0.15, 0.2) is 0 Å². The molecule has 1 aromatic rings. The topological polar surface area (TPSA) is 36.1 Å². The molecule has 0 heterocycles. The van der Waals surface area contributed by atoms with Crippen LogP contribution in [0.3, 0.4) is 0 Å². The molecule has 0 radical (unpaired) electrons. The van der Waals surface area contributed by atoms with Crippen LogP contribution in [-0.4, -0.2) is 5.04 Å². The zero-order valence-electron chi connectivity index (χ0n) is 11.0. The second-order valence-corrected chi connectivity index (χ2v) is 5.45. The quantitative estimate of drug-likeness (QED) is 0.495. The van der Waals surface area contributed by atoms with E-state index in [1.807, 2.05) is 18.2 Å². The summed E-state index contributed by atoms with van der Waals surface area (Å²) in [7, 11) is 0. The molecule has 1 rings (SSSR count). The highest BCUT2D eigenvalue weighted by Gasteiger charge is 2.12. The Bertz CT molecular complexity index is 485. The molecule has 0 atom stereocenters. The van der Waals surface area contributed by atoms with Crippen LogP contribution in [-0.2, 0) is 5.41 Å². The zero-order valence-corrected chi connectivity index (χ0v) is 11.9. The van der Waals surface area contributed by atoms with Gasteiger partial charge in [-0.15, -0.1) is 12.6 Å². The van der Waals surface area contributed by atoms with E-state index in [0.717, 1.165) is 5.56 Å². The van der Waals surface area contributed by atoms with Gasteiger partial charge >= 0.3 is 0 Å². The third-order valence-electron chi connectivity index (χ3n) is 2.52. The summed E-state index contributed by atoms with van der Waals surface area (Å²) in [6.07, 6.45) is 3.69. The van der Waals surface area contributed by atoms with E-state index >= 15 is 0 Å². The number of benzene rings is 1. The van der Waals surface area contributed by atoms with E-state index in [4.69, 9.17) is 5.26 Å². The van der Waals surface area contributed by atoms with Gasteiger partial charge in [-0.25, -0.2) is 4.99 Å². The van der Waals surface area contributed by atoms with Crippen molar-refractivity contribution in [1.29, 1.82) is 5.26 Å². The standard InChI is InChI=1S/C15H18N2S/c1-15(2,3)13-8-6-12(7-9-13)14(18)17-11-5-4-10-16/h5-9,11H,4H2,1-3H3,(H,17,18)/b11-5+. The molecule has 18 heavy (non-hydrogen) atoms. The van der Waals surface area contributed by atoms with Crippen molar-refractivity contribution in [3.05, 3.63) is 47.7 Å². The van der Waals surface area contributed by atoms with Crippen molar-refractivity contribution in [2.75, 3.05) is 0 Å². The Labute approximate surface area is 114 Å². The number of nitrogens with zero attached hydrogens (tertiary/aromatic N) is 2. The highest BCUT2D eigenvalue weighted by molar-refractivity contribution is 7.97. The average Bonchev–Trinajstić information content (AvgIpc) is 2.33. The number of rotatable bonds is 3. The van der Waals surface area contributed by atoms with E-state index in [9.17, 15) is 0 Å². The van der Waals surface area contributed by atoms with Crippen LogP contribution < -0.4 is 0 Å². The maximum absolute atomic E-state index is 8.39. The Morgan fingerprint density at radius 1 is 1.33 bits per heavy atom. The van der Waals surface area contributed by atoms with Crippen LogP contribution >= 0.6 is 12.6 Å². The van der Waals surface area contributed by atoms with Gasteiger partial charge in [-0.2, -0.15) is 5.26 Å². The van der Waals surface area contributed by atoms with Crippen LogP contribution in [0.2, 0.25) is 0 Å². The molecule has 0 saturated heterocycles. The highest BCUT2D eigenvalue weighted by atomic mass is 32.1. The van der Waals surface area contributed by atoms with Gasteiger partial charge in [0.2, 0.25) is 0 Å². The maximum Gasteiger partial charge on any atom is 0.100 e. The largest absolute Gasteiger partial charge is 0.250 e. The van der Waals surface area contributed by atoms with E-state index in [1.165, 1.54) is 5.56 Å². The van der Waals surface area contributed by atoms with Crippen LogP contribution in [0, 0.1) is 11.3 Å². The summed E-state index contributed by atoms with van der Waals surface area (Å²) >= 11 is 4.34. The Hall–Kier alpha value is -1.53. The third kappa shape index (κ3) is 4.38. The Balaban J connectivity index is 2.83. The number of thiol groups is 1. The van der Waals surface area contributed by atoms with Crippen molar-refractivity contribution in [3.63, 3.8) is 0 Å². The molecule has 2 nitrogen and oxygen atoms in total. The SMILES string of the molecule is CC(C)(C)c1ccc(/C(S)=N/C=C/CC#N)cc1. The van der Waals surface area contributed by atoms with Gasteiger partial charge in [0.05, 0.1) is 12.5 Å². The predicted octanol–water partition coefficient (Wildman–Crippen LogP) is 4.09. The molecule has 0 spiro atoms.